The molecule has 0 radical (unpaired) electrons. The highest BCUT2D eigenvalue weighted by Crippen LogP contribution is 2.42. The number of rotatable bonds is 10. The van der Waals surface area contributed by atoms with Crippen LogP contribution in [0.25, 0.3) is 0 Å². The van der Waals surface area contributed by atoms with Gasteiger partial charge in [0.15, 0.2) is 8.32 Å². The average Bonchev–Trinajstić information content (AvgIpc) is 3.47. The maximum absolute atomic E-state index is 15.8. The SMILES string of the molecule is CC(C)(C)[Si](C)(C)O[C@@H]1[C@@H](CO)C[C@@H](Nc2ncncc2C(=O)c2ccn(Cc3cccc(OC(F)(F)F)c3)n2)[C@H]1F. The molecule has 0 unspecified atom stereocenters. The molecule has 9 nitrogen and oxygen atoms in total. The summed E-state index contributed by atoms with van der Waals surface area (Å²) < 4.78 is 65.2. The van der Waals surface area contributed by atoms with Crippen molar-refractivity contribution in [2.45, 2.75) is 76.5 Å². The van der Waals surface area contributed by atoms with Gasteiger partial charge in [0.05, 0.1) is 24.3 Å². The van der Waals surface area contributed by atoms with Crippen LogP contribution in [-0.2, 0) is 11.0 Å². The summed E-state index contributed by atoms with van der Waals surface area (Å²) in [7, 11) is -2.33. The van der Waals surface area contributed by atoms with E-state index < -0.39 is 44.7 Å². The molecule has 2 N–H and O–H groups in total. The van der Waals surface area contributed by atoms with E-state index in [1.54, 1.807) is 6.07 Å². The molecule has 14 heteroatoms. The van der Waals surface area contributed by atoms with Gasteiger partial charge in [-0.3, -0.25) is 9.48 Å². The van der Waals surface area contributed by atoms with E-state index >= 15 is 4.39 Å². The van der Waals surface area contributed by atoms with Crippen LogP contribution in [0.5, 0.6) is 5.75 Å². The highest BCUT2D eigenvalue weighted by molar-refractivity contribution is 6.74. The first-order chi connectivity index (χ1) is 19.6. The van der Waals surface area contributed by atoms with Crippen LogP contribution in [0, 0.1) is 5.92 Å². The average molecular weight is 610 g/mol. The fraction of sp³-hybridized carbons (Fsp3) is 0.500. The Kier molecular flexibility index (Phi) is 9.09. The molecular weight excluding hydrogens is 574 g/mol. The summed E-state index contributed by atoms with van der Waals surface area (Å²) in [6, 6.07) is 6.16. The Morgan fingerprint density at radius 2 is 1.95 bits per heavy atom. The van der Waals surface area contributed by atoms with Crippen LogP contribution in [-0.4, -0.2) is 70.2 Å². The number of ether oxygens (including phenoxy) is 1. The third-order valence-electron chi connectivity index (χ3n) is 7.82. The highest BCUT2D eigenvalue weighted by Gasteiger charge is 2.49. The molecule has 1 aliphatic carbocycles. The normalized spacial score (nSPS) is 21.4. The standard InChI is InChI=1S/C28H35F4N5O4Si/c1-27(2,3)42(4,5)41-25-18(15-38)12-22(23(25)29)35-26-20(13-33-16-34-26)24(39)21-9-10-37(36-21)14-17-7-6-8-19(11-17)40-28(30,31)32/h6-11,13,16,18,22-23,25,38H,12,14-15H2,1-5H3,(H,33,34,35)/t18-,22-,23-,25-/m1/s1. The van der Waals surface area contributed by atoms with E-state index in [1.165, 1.54) is 47.7 Å². The zero-order chi connectivity index (χ0) is 30.9. The number of hydrogen-bond donors (Lipinski definition) is 2. The van der Waals surface area contributed by atoms with Gasteiger partial charge in [-0.15, -0.1) is 13.2 Å². The fourth-order valence-electron chi connectivity index (χ4n) is 4.60. The number of anilines is 1. The summed E-state index contributed by atoms with van der Waals surface area (Å²) in [6.07, 6.45) is -2.72. The quantitative estimate of drug-likeness (QED) is 0.179. The molecule has 1 aliphatic rings. The van der Waals surface area contributed by atoms with Crippen molar-refractivity contribution in [2.75, 3.05) is 11.9 Å². The van der Waals surface area contributed by atoms with Gasteiger partial charge in [-0.05, 0) is 48.3 Å². The summed E-state index contributed by atoms with van der Waals surface area (Å²) >= 11 is 0. The van der Waals surface area contributed by atoms with E-state index in [9.17, 15) is 23.1 Å². The lowest BCUT2D eigenvalue weighted by Crippen LogP contribution is -2.48. The molecule has 1 aromatic carbocycles. The van der Waals surface area contributed by atoms with Gasteiger partial charge < -0.3 is 19.6 Å². The lowest BCUT2D eigenvalue weighted by Gasteiger charge is -2.40. The number of carbonyl (C=O) groups is 1. The van der Waals surface area contributed by atoms with Gasteiger partial charge in [-0.25, -0.2) is 14.4 Å². The molecule has 2 aromatic heterocycles. The van der Waals surface area contributed by atoms with Crippen LogP contribution < -0.4 is 10.1 Å². The molecule has 3 aromatic rings. The van der Waals surface area contributed by atoms with Crippen molar-refractivity contribution in [3.63, 3.8) is 0 Å². The molecule has 0 aliphatic heterocycles. The van der Waals surface area contributed by atoms with E-state index in [0.29, 0.717) is 5.56 Å². The second-order valence-corrected chi connectivity index (χ2v) is 16.7. The molecule has 0 spiro atoms. The van der Waals surface area contributed by atoms with Crippen LogP contribution >= 0.6 is 0 Å². The van der Waals surface area contributed by atoms with E-state index in [-0.39, 0.29) is 47.4 Å². The third kappa shape index (κ3) is 7.34. The molecule has 228 valence electrons. The van der Waals surface area contributed by atoms with Crippen LogP contribution in [0.1, 0.15) is 48.8 Å². The number of nitrogens with one attached hydrogen (secondary N) is 1. The summed E-state index contributed by atoms with van der Waals surface area (Å²) in [5.74, 6) is -1.19. The van der Waals surface area contributed by atoms with Crippen molar-refractivity contribution in [2.24, 2.45) is 5.92 Å². The number of aliphatic hydroxyl groups excluding tert-OH is 1. The molecule has 0 bridgehead atoms. The highest BCUT2D eigenvalue weighted by atomic mass is 28.4. The molecule has 2 heterocycles. The predicted molar refractivity (Wildman–Crippen MR) is 149 cm³/mol. The molecule has 4 rings (SSSR count). The summed E-state index contributed by atoms with van der Waals surface area (Å²) in [5.41, 5.74) is 0.600. The fourth-order valence-corrected chi connectivity index (χ4v) is 5.95. The first-order valence-corrected chi connectivity index (χ1v) is 16.4. The Morgan fingerprint density at radius 1 is 1.21 bits per heavy atom. The van der Waals surface area contributed by atoms with Gasteiger partial charge >= 0.3 is 6.36 Å². The van der Waals surface area contributed by atoms with Crippen LogP contribution in [0.3, 0.4) is 0 Å². The smallest absolute Gasteiger partial charge is 0.411 e. The Balaban J connectivity index is 1.48. The summed E-state index contributed by atoms with van der Waals surface area (Å²) in [5, 5.41) is 17.2. The first kappa shape index (κ1) is 31.6. The van der Waals surface area contributed by atoms with Crippen molar-refractivity contribution < 1.29 is 36.6 Å². The van der Waals surface area contributed by atoms with Gasteiger partial charge in [0.25, 0.3) is 0 Å². The first-order valence-electron chi connectivity index (χ1n) is 13.5. The number of aliphatic hydroxyl groups is 1. The number of aromatic nitrogens is 4. The molecule has 42 heavy (non-hydrogen) atoms. The number of benzene rings is 1. The Hall–Kier alpha value is -3.36. The van der Waals surface area contributed by atoms with E-state index in [2.05, 4.69) is 45.9 Å². The minimum Gasteiger partial charge on any atom is -0.411 e. The topological polar surface area (TPSA) is 111 Å². The number of halogens is 4. The van der Waals surface area contributed by atoms with Crippen molar-refractivity contribution in [3.8, 4) is 5.75 Å². The minimum absolute atomic E-state index is 0.0473. The van der Waals surface area contributed by atoms with Crippen LogP contribution in [0.15, 0.2) is 49.1 Å². The maximum Gasteiger partial charge on any atom is 0.573 e. The minimum atomic E-state index is -4.81. The van der Waals surface area contributed by atoms with Crippen LogP contribution in [0.4, 0.5) is 23.4 Å². The zero-order valence-corrected chi connectivity index (χ0v) is 25.0. The lowest BCUT2D eigenvalue weighted by molar-refractivity contribution is -0.274. The second kappa shape index (κ2) is 12.1. The van der Waals surface area contributed by atoms with Gasteiger partial charge in [-0.2, -0.15) is 5.10 Å². The zero-order valence-electron chi connectivity index (χ0n) is 24.0. The molecule has 0 amide bonds. The monoisotopic (exact) mass is 609 g/mol. The van der Waals surface area contributed by atoms with Gasteiger partial charge in [0.1, 0.15) is 29.8 Å². The summed E-state index contributed by atoms with van der Waals surface area (Å²) in [4.78, 5) is 21.5. The van der Waals surface area contributed by atoms with E-state index in [0.717, 1.165) is 0 Å². The van der Waals surface area contributed by atoms with E-state index in [4.69, 9.17) is 4.43 Å². The number of hydrogen-bond acceptors (Lipinski definition) is 8. The Morgan fingerprint density at radius 3 is 2.62 bits per heavy atom. The Labute approximate surface area is 242 Å². The second-order valence-electron chi connectivity index (χ2n) is 11.9. The van der Waals surface area contributed by atoms with Crippen molar-refractivity contribution in [1.82, 2.24) is 19.7 Å². The number of carbonyl (C=O) groups excluding carboxylic acids is 1. The van der Waals surface area contributed by atoms with Gasteiger partial charge in [-0.1, -0.05) is 32.9 Å². The third-order valence-corrected chi connectivity index (χ3v) is 12.3. The van der Waals surface area contributed by atoms with E-state index in [1.807, 2.05) is 13.1 Å². The van der Waals surface area contributed by atoms with Crippen molar-refractivity contribution in [1.29, 1.82) is 0 Å². The number of nitrogens with zero attached hydrogens (tertiary/aromatic N) is 4. The summed E-state index contributed by atoms with van der Waals surface area (Å²) in [6.45, 7) is 10.1. The molecule has 1 fully saturated rings. The largest absolute Gasteiger partial charge is 0.573 e. The Bertz CT molecular complexity index is 1390. The molecule has 1 saturated carbocycles. The molecular formula is C28H35F4N5O4Si. The van der Waals surface area contributed by atoms with Crippen molar-refractivity contribution >= 4 is 19.9 Å². The van der Waals surface area contributed by atoms with Crippen molar-refractivity contribution in [3.05, 3.63) is 65.9 Å². The predicted octanol–water partition coefficient (Wildman–Crippen LogP) is 5.37. The van der Waals surface area contributed by atoms with Gasteiger partial charge in [0, 0.05) is 24.9 Å². The number of ketones is 1. The van der Waals surface area contributed by atoms with Gasteiger partial charge in [0.2, 0.25) is 5.78 Å². The van der Waals surface area contributed by atoms with Crippen LogP contribution in [0.2, 0.25) is 18.1 Å². The maximum atomic E-state index is 15.8. The number of alkyl halides is 4. The molecule has 4 atom stereocenters. The molecule has 0 saturated heterocycles. The lowest BCUT2D eigenvalue weighted by atomic mass is 10.1.